The first-order chi connectivity index (χ1) is 13.2. The molecule has 7 nitrogen and oxygen atoms in total. The molecule has 0 aliphatic heterocycles. The molecular formula is C20H18N4O3. The van der Waals surface area contributed by atoms with Crippen LogP contribution in [0.1, 0.15) is 15.9 Å². The molecule has 1 aromatic heterocycles. The number of para-hydroxylation sites is 1. The van der Waals surface area contributed by atoms with E-state index in [1.165, 1.54) is 14.2 Å². The first-order valence-corrected chi connectivity index (χ1v) is 8.17. The number of nitrogens with one attached hydrogen (secondary N) is 1. The molecule has 27 heavy (non-hydrogen) atoms. The van der Waals surface area contributed by atoms with Gasteiger partial charge in [-0.15, -0.1) is 0 Å². The minimum Gasteiger partial charge on any atom is -0.497 e. The van der Waals surface area contributed by atoms with Gasteiger partial charge in [0.15, 0.2) is 0 Å². The predicted molar refractivity (Wildman–Crippen MR) is 102 cm³/mol. The summed E-state index contributed by atoms with van der Waals surface area (Å²) in [7, 11) is 3.04. The topological polar surface area (TPSA) is 88.6 Å². The lowest BCUT2D eigenvalue weighted by atomic mass is 10.2. The molecule has 3 rings (SSSR count). The number of amides is 1. The molecule has 136 valence electrons. The van der Waals surface area contributed by atoms with E-state index in [1.54, 1.807) is 24.4 Å². The van der Waals surface area contributed by atoms with Crippen LogP contribution in [0.4, 0.5) is 0 Å². The quantitative estimate of drug-likeness (QED) is 0.539. The summed E-state index contributed by atoms with van der Waals surface area (Å²) in [6, 6.07) is 14.7. The molecule has 0 fully saturated rings. The lowest BCUT2D eigenvalue weighted by Gasteiger charge is -2.07. The Morgan fingerprint density at radius 1 is 1.22 bits per heavy atom. The SMILES string of the molecule is COc1cc(OC)cc(C(=O)NN=Cc2cn(CC#N)c3ccccc23)c1. The van der Waals surface area contributed by atoms with Gasteiger partial charge in [0.05, 0.1) is 26.5 Å². The lowest BCUT2D eigenvalue weighted by molar-refractivity contribution is 0.0954. The Morgan fingerprint density at radius 3 is 2.59 bits per heavy atom. The Morgan fingerprint density at radius 2 is 1.93 bits per heavy atom. The number of aromatic nitrogens is 1. The number of hydrogen-bond donors (Lipinski definition) is 1. The second kappa shape index (κ2) is 8.06. The number of nitrogens with zero attached hydrogens (tertiary/aromatic N) is 3. The standard InChI is InChI=1S/C20H18N4O3/c1-26-16-9-14(10-17(11-16)27-2)20(25)23-22-12-15-13-24(8-7-21)19-6-4-3-5-18(15)19/h3-6,9-13H,8H2,1-2H3,(H,23,25). The molecule has 7 heteroatoms. The fourth-order valence-corrected chi connectivity index (χ4v) is 2.75. The second-order valence-electron chi connectivity index (χ2n) is 5.69. The zero-order chi connectivity index (χ0) is 19.2. The second-order valence-corrected chi connectivity index (χ2v) is 5.69. The van der Waals surface area contributed by atoms with Gasteiger partial charge < -0.3 is 14.0 Å². The van der Waals surface area contributed by atoms with Crippen molar-refractivity contribution in [1.82, 2.24) is 9.99 Å². The molecule has 0 radical (unpaired) electrons. The highest BCUT2D eigenvalue weighted by atomic mass is 16.5. The highest BCUT2D eigenvalue weighted by Gasteiger charge is 2.10. The van der Waals surface area contributed by atoms with Crippen molar-refractivity contribution in [2.45, 2.75) is 6.54 Å². The monoisotopic (exact) mass is 362 g/mol. The van der Waals surface area contributed by atoms with Crippen molar-refractivity contribution < 1.29 is 14.3 Å². The number of hydrazone groups is 1. The Kier molecular flexibility index (Phi) is 5.38. The number of nitriles is 1. The smallest absolute Gasteiger partial charge is 0.271 e. The fraction of sp³-hybridized carbons (Fsp3) is 0.150. The minimum atomic E-state index is -0.385. The molecule has 0 spiro atoms. The molecule has 0 bridgehead atoms. The van der Waals surface area contributed by atoms with Gasteiger partial charge in [0.1, 0.15) is 18.0 Å². The molecule has 1 N–H and O–H groups in total. The van der Waals surface area contributed by atoms with Crippen LogP contribution >= 0.6 is 0 Å². The summed E-state index contributed by atoms with van der Waals surface area (Å²) in [6.45, 7) is 0.240. The normalized spacial score (nSPS) is 10.7. The maximum absolute atomic E-state index is 12.4. The van der Waals surface area contributed by atoms with Crippen LogP contribution in [0.25, 0.3) is 10.9 Å². The number of methoxy groups -OCH3 is 2. The summed E-state index contributed by atoms with van der Waals surface area (Å²) >= 11 is 0. The largest absolute Gasteiger partial charge is 0.497 e. The van der Waals surface area contributed by atoms with Crippen LogP contribution in [0.5, 0.6) is 11.5 Å². The zero-order valence-corrected chi connectivity index (χ0v) is 15.0. The summed E-state index contributed by atoms with van der Waals surface area (Å²) < 4.78 is 12.2. The van der Waals surface area contributed by atoms with Crippen LogP contribution in [-0.2, 0) is 6.54 Å². The fourth-order valence-electron chi connectivity index (χ4n) is 2.75. The van der Waals surface area contributed by atoms with Gasteiger partial charge in [0, 0.05) is 34.3 Å². The van der Waals surface area contributed by atoms with Gasteiger partial charge in [0.25, 0.3) is 5.91 Å². The van der Waals surface area contributed by atoms with E-state index in [2.05, 4.69) is 16.6 Å². The van der Waals surface area contributed by atoms with E-state index in [-0.39, 0.29) is 12.5 Å². The van der Waals surface area contributed by atoms with Gasteiger partial charge in [-0.3, -0.25) is 4.79 Å². The molecule has 1 heterocycles. The Bertz CT molecular complexity index is 1020. The van der Waals surface area contributed by atoms with Crippen LogP contribution < -0.4 is 14.9 Å². The Balaban J connectivity index is 1.81. The number of fused-ring (bicyclic) bond motifs is 1. The number of carbonyl (C=O) groups excluding carboxylic acids is 1. The molecule has 0 saturated carbocycles. The van der Waals surface area contributed by atoms with Crippen molar-refractivity contribution in [3.05, 3.63) is 59.8 Å². The maximum atomic E-state index is 12.4. The van der Waals surface area contributed by atoms with Crippen LogP contribution in [-0.4, -0.2) is 30.9 Å². The summed E-state index contributed by atoms with van der Waals surface area (Å²) in [5, 5.41) is 14.0. The zero-order valence-electron chi connectivity index (χ0n) is 15.0. The molecule has 0 aliphatic rings. The molecule has 0 saturated heterocycles. The predicted octanol–water partition coefficient (Wildman–Crippen LogP) is 2.95. The average molecular weight is 362 g/mol. The Hall–Kier alpha value is -3.79. The number of rotatable bonds is 6. The van der Waals surface area contributed by atoms with Crippen molar-refractivity contribution in [2.24, 2.45) is 5.10 Å². The third-order valence-electron chi connectivity index (χ3n) is 4.04. The van der Waals surface area contributed by atoms with Gasteiger partial charge in [-0.1, -0.05) is 18.2 Å². The Labute approximate surface area is 156 Å². The minimum absolute atomic E-state index is 0.240. The number of carbonyl (C=O) groups is 1. The van der Waals surface area contributed by atoms with Crippen LogP contribution in [0.15, 0.2) is 53.8 Å². The summed E-state index contributed by atoms with van der Waals surface area (Å²) in [5.74, 6) is 0.648. The van der Waals surface area contributed by atoms with Crippen molar-refractivity contribution in [1.29, 1.82) is 5.26 Å². The van der Waals surface area contributed by atoms with Crippen LogP contribution in [0.3, 0.4) is 0 Å². The van der Waals surface area contributed by atoms with E-state index in [0.29, 0.717) is 17.1 Å². The lowest BCUT2D eigenvalue weighted by Crippen LogP contribution is -2.17. The molecule has 0 atom stereocenters. The first kappa shape index (κ1) is 18.0. The van der Waals surface area contributed by atoms with E-state index in [1.807, 2.05) is 35.0 Å². The van der Waals surface area contributed by atoms with Gasteiger partial charge in [-0.2, -0.15) is 10.4 Å². The van der Waals surface area contributed by atoms with E-state index >= 15 is 0 Å². The van der Waals surface area contributed by atoms with Crippen LogP contribution in [0, 0.1) is 11.3 Å². The number of ether oxygens (including phenoxy) is 2. The van der Waals surface area contributed by atoms with E-state index < -0.39 is 0 Å². The summed E-state index contributed by atoms with van der Waals surface area (Å²) in [6.07, 6.45) is 3.39. The van der Waals surface area contributed by atoms with Crippen molar-refractivity contribution in [3.63, 3.8) is 0 Å². The van der Waals surface area contributed by atoms with Crippen molar-refractivity contribution >= 4 is 23.0 Å². The highest BCUT2D eigenvalue weighted by Crippen LogP contribution is 2.22. The molecule has 1 amide bonds. The van der Waals surface area contributed by atoms with Crippen LogP contribution in [0.2, 0.25) is 0 Å². The summed E-state index contributed by atoms with van der Waals surface area (Å²) in [4.78, 5) is 12.4. The third kappa shape index (κ3) is 3.90. The molecular weight excluding hydrogens is 344 g/mol. The van der Waals surface area contributed by atoms with Gasteiger partial charge in [0.2, 0.25) is 0 Å². The van der Waals surface area contributed by atoms with Gasteiger partial charge >= 0.3 is 0 Å². The van der Waals surface area contributed by atoms with Crippen molar-refractivity contribution in [2.75, 3.05) is 14.2 Å². The number of hydrogen-bond acceptors (Lipinski definition) is 5. The third-order valence-corrected chi connectivity index (χ3v) is 4.04. The van der Waals surface area contributed by atoms with Gasteiger partial charge in [-0.25, -0.2) is 5.43 Å². The molecule has 3 aromatic rings. The first-order valence-electron chi connectivity index (χ1n) is 8.17. The highest BCUT2D eigenvalue weighted by molar-refractivity contribution is 6.00. The van der Waals surface area contributed by atoms with E-state index in [0.717, 1.165) is 16.5 Å². The maximum Gasteiger partial charge on any atom is 0.271 e. The average Bonchev–Trinajstić information content (AvgIpc) is 3.05. The van der Waals surface area contributed by atoms with Gasteiger partial charge in [-0.05, 0) is 18.2 Å². The molecule has 0 unspecified atom stereocenters. The summed E-state index contributed by atoms with van der Waals surface area (Å²) in [5.41, 5.74) is 4.62. The van der Waals surface area contributed by atoms with E-state index in [4.69, 9.17) is 14.7 Å². The number of benzene rings is 2. The molecule has 0 aliphatic carbocycles. The molecule has 2 aromatic carbocycles. The van der Waals surface area contributed by atoms with E-state index in [9.17, 15) is 4.79 Å². The van der Waals surface area contributed by atoms with Crippen molar-refractivity contribution in [3.8, 4) is 17.6 Å².